The molecule has 0 aromatic heterocycles. The highest BCUT2D eigenvalue weighted by molar-refractivity contribution is 5.76. The first-order chi connectivity index (χ1) is 20.5. The molecule has 0 aliphatic carbocycles. The highest BCUT2D eigenvalue weighted by Gasteiger charge is 2.17. The summed E-state index contributed by atoms with van der Waals surface area (Å²) < 4.78 is 4.95. The second-order valence-corrected chi connectivity index (χ2v) is 12.3. The average Bonchev–Trinajstić information content (AvgIpc) is 2.97. The first-order valence-corrected chi connectivity index (χ1v) is 17.9. The van der Waals surface area contributed by atoms with Crippen LogP contribution in [0.3, 0.4) is 0 Å². The van der Waals surface area contributed by atoms with Crippen LogP contribution in [0.2, 0.25) is 0 Å². The van der Waals surface area contributed by atoms with Crippen molar-refractivity contribution in [1.82, 2.24) is 5.32 Å². The Balaban J connectivity index is 3.58. The lowest BCUT2D eigenvalue weighted by atomic mass is 10.0. The molecule has 0 rings (SSSR count). The molecular weight excluding hydrogens is 526 g/mol. The van der Waals surface area contributed by atoms with Gasteiger partial charge < -0.3 is 20.3 Å². The average molecular weight is 596 g/mol. The third kappa shape index (κ3) is 30.1. The Morgan fingerprint density at radius 3 is 1.55 bits per heavy atom. The molecule has 0 heterocycles. The number of aliphatic hydroxyl groups is 2. The number of esters is 1. The highest BCUT2D eigenvalue weighted by atomic mass is 16.5. The minimum Gasteiger partial charge on any atom is -0.466 e. The maximum absolute atomic E-state index is 12.3. The van der Waals surface area contributed by atoms with Crippen LogP contribution in [0.25, 0.3) is 0 Å². The fourth-order valence-electron chi connectivity index (χ4n) is 5.36. The van der Waals surface area contributed by atoms with Gasteiger partial charge in [-0.05, 0) is 25.7 Å². The van der Waals surface area contributed by atoms with Crippen LogP contribution >= 0.6 is 0 Å². The van der Waals surface area contributed by atoms with Gasteiger partial charge in [0.15, 0.2) is 0 Å². The molecule has 0 aliphatic heterocycles. The van der Waals surface area contributed by atoms with Gasteiger partial charge >= 0.3 is 5.97 Å². The van der Waals surface area contributed by atoms with Crippen LogP contribution in [0.4, 0.5) is 0 Å². The monoisotopic (exact) mass is 596 g/mol. The second kappa shape index (κ2) is 32.5. The van der Waals surface area contributed by atoms with Crippen LogP contribution in [0.5, 0.6) is 0 Å². The van der Waals surface area contributed by atoms with E-state index < -0.39 is 12.1 Å². The van der Waals surface area contributed by atoms with E-state index in [1.807, 2.05) is 6.08 Å². The third-order valence-electron chi connectivity index (χ3n) is 8.12. The molecule has 0 saturated heterocycles. The van der Waals surface area contributed by atoms with Gasteiger partial charge in [0.1, 0.15) is 0 Å². The van der Waals surface area contributed by atoms with Crippen molar-refractivity contribution in [3.8, 4) is 0 Å². The highest BCUT2D eigenvalue weighted by Crippen LogP contribution is 2.14. The van der Waals surface area contributed by atoms with E-state index in [2.05, 4.69) is 12.2 Å². The molecule has 248 valence electrons. The topological polar surface area (TPSA) is 95.9 Å². The normalized spacial score (nSPS) is 13.0. The molecule has 0 bridgehead atoms. The van der Waals surface area contributed by atoms with E-state index in [1.54, 1.807) is 6.08 Å². The summed E-state index contributed by atoms with van der Waals surface area (Å²) in [5, 5.41) is 22.8. The Labute approximate surface area is 259 Å². The van der Waals surface area contributed by atoms with E-state index in [0.29, 0.717) is 13.0 Å². The summed E-state index contributed by atoms with van der Waals surface area (Å²) in [6.45, 7) is 4.02. The molecule has 0 aromatic rings. The van der Waals surface area contributed by atoms with Gasteiger partial charge in [-0.2, -0.15) is 0 Å². The lowest BCUT2D eigenvalue weighted by Crippen LogP contribution is -2.45. The van der Waals surface area contributed by atoms with Crippen molar-refractivity contribution in [3.63, 3.8) is 0 Å². The van der Waals surface area contributed by atoms with Crippen molar-refractivity contribution in [2.75, 3.05) is 13.2 Å². The van der Waals surface area contributed by atoms with Crippen LogP contribution in [0, 0.1) is 0 Å². The summed E-state index contributed by atoms with van der Waals surface area (Å²) in [6, 6.07) is -0.633. The van der Waals surface area contributed by atoms with E-state index in [0.717, 1.165) is 44.9 Å². The van der Waals surface area contributed by atoms with Gasteiger partial charge in [0.2, 0.25) is 5.91 Å². The second-order valence-electron chi connectivity index (χ2n) is 12.3. The molecule has 0 radical (unpaired) electrons. The van der Waals surface area contributed by atoms with Crippen molar-refractivity contribution in [1.29, 1.82) is 0 Å². The van der Waals surface area contributed by atoms with E-state index in [1.165, 1.54) is 122 Å². The summed E-state index contributed by atoms with van der Waals surface area (Å²) >= 11 is 0. The van der Waals surface area contributed by atoms with E-state index >= 15 is 0 Å². The van der Waals surface area contributed by atoms with Gasteiger partial charge in [-0.15, -0.1) is 0 Å². The third-order valence-corrected chi connectivity index (χ3v) is 8.12. The maximum Gasteiger partial charge on any atom is 0.302 e. The van der Waals surface area contributed by atoms with Crippen molar-refractivity contribution in [2.24, 2.45) is 0 Å². The van der Waals surface area contributed by atoms with Gasteiger partial charge in [0.25, 0.3) is 0 Å². The predicted octanol–water partition coefficient (Wildman–Crippen LogP) is 9.11. The number of nitrogens with one attached hydrogen (secondary N) is 1. The summed E-state index contributed by atoms with van der Waals surface area (Å²) in [7, 11) is 0. The molecule has 0 aromatic carbocycles. The van der Waals surface area contributed by atoms with Gasteiger partial charge in [0, 0.05) is 13.3 Å². The van der Waals surface area contributed by atoms with Gasteiger partial charge in [-0.25, -0.2) is 0 Å². The van der Waals surface area contributed by atoms with Gasteiger partial charge in [0.05, 0.1) is 25.4 Å². The lowest BCUT2D eigenvalue weighted by Gasteiger charge is -2.20. The van der Waals surface area contributed by atoms with Crippen LogP contribution in [0.15, 0.2) is 12.2 Å². The molecular formula is C36H69NO5. The summed E-state index contributed by atoms with van der Waals surface area (Å²) in [5.41, 5.74) is 0. The number of unbranched alkanes of at least 4 members (excludes halogenated alkanes) is 23. The minimum atomic E-state index is -0.848. The van der Waals surface area contributed by atoms with E-state index in [4.69, 9.17) is 4.74 Å². The smallest absolute Gasteiger partial charge is 0.302 e. The molecule has 0 saturated carbocycles. The molecule has 1 amide bonds. The molecule has 6 heteroatoms. The molecule has 6 nitrogen and oxygen atoms in total. The first kappa shape index (κ1) is 40.6. The molecule has 42 heavy (non-hydrogen) atoms. The molecule has 2 atom stereocenters. The molecule has 0 spiro atoms. The van der Waals surface area contributed by atoms with Gasteiger partial charge in [-0.1, -0.05) is 154 Å². The van der Waals surface area contributed by atoms with Crippen LogP contribution in [0.1, 0.15) is 181 Å². The Morgan fingerprint density at radius 1 is 0.667 bits per heavy atom. The molecule has 0 aliphatic rings. The number of rotatable bonds is 32. The zero-order chi connectivity index (χ0) is 30.9. The Kier molecular flexibility index (Phi) is 31.4. The summed E-state index contributed by atoms with van der Waals surface area (Å²) in [4.78, 5) is 23.0. The number of carbonyl (C=O) groups is 2. The number of aliphatic hydroxyl groups excluding tert-OH is 2. The Bertz CT molecular complexity index is 624. The number of allylic oxidation sites excluding steroid dienone is 1. The molecule has 0 unspecified atom stereocenters. The zero-order valence-electron chi connectivity index (χ0n) is 27.7. The van der Waals surface area contributed by atoms with Crippen molar-refractivity contribution in [2.45, 2.75) is 193 Å². The van der Waals surface area contributed by atoms with Crippen LogP contribution in [-0.4, -0.2) is 47.4 Å². The lowest BCUT2D eigenvalue weighted by molar-refractivity contribution is -0.141. The van der Waals surface area contributed by atoms with Crippen molar-refractivity contribution >= 4 is 11.9 Å². The summed E-state index contributed by atoms with van der Waals surface area (Å²) in [6.07, 6.45) is 34.1. The number of ether oxygens (including phenoxy) is 1. The van der Waals surface area contributed by atoms with Crippen LogP contribution in [-0.2, 0) is 14.3 Å². The Morgan fingerprint density at radius 2 is 1.10 bits per heavy atom. The summed E-state index contributed by atoms with van der Waals surface area (Å²) in [5.74, 6) is -0.269. The van der Waals surface area contributed by atoms with Crippen LogP contribution < -0.4 is 5.32 Å². The van der Waals surface area contributed by atoms with Gasteiger partial charge in [-0.3, -0.25) is 9.59 Å². The number of hydrogen-bond donors (Lipinski definition) is 3. The molecule has 3 N–H and O–H groups in total. The van der Waals surface area contributed by atoms with E-state index in [-0.39, 0.29) is 18.5 Å². The number of amides is 1. The largest absolute Gasteiger partial charge is 0.466 e. The standard InChI is InChI=1S/C36H69NO5/c1-3-4-5-6-7-8-9-11-14-17-20-23-26-29-35(40)34(32-38)37-36(41)30-27-24-21-18-15-12-10-13-16-19-22-25-28-31-42-33(2)39/h26,29,34-35,38,40H,3-25,27-28,30-32H2,1-2H3,(H,37,41)/b29-26+/t34-,35+/m0/s1. The van der Waals surface area contributed by atoms with Crippen molar-refractivity contribution < 1.29 is 24.5 Å². The number of carbonyl (C=O) groups excluding carboxylic acids is 2. The molecule has 0 fully saturated rings. The van der Waals surface area contributed by atoms with Crippen molar-refractivity contribution in [3.05, 3.63) is 12.2 Å². The predicted molar refractivity (Wildman–Crippen MR) is 177 cm³/mol. The SMILES string of the molecule is CCCCCCCCCCCCC/C=C/[C@@H](O)[C@H](CO)NC(=O)CCCCCCCCCCCCCCCOC(C)=O. The zero-order valence-corrected chi connectivity index (χ0v) is 27.7. The quantitative estimate of drug-likeness (QED) is 0.0409. The minimum absolute atomic E-state index is 0.0850. The first-order valence-electron chi connectivity index (χ1n) is 17.9. The Hall–Kier alpha value is -1.40. The fraction of sp³-hybridized carbons (Fsp3) is 0.889. The number of hydrogen-bond acceptors (Lipinski definition) is 5. The fourth-order valence-corrected chi connectivity index (χ4v) is 5.36. The maximum atomic E-state index is 12.3. The van der Waals surface area contributed by atoms with E-state index in [9.17, 15) is 19.8 Å².